The maximum atomic E-state index is 5.24. The van der Waals surface area contributed by atoms with Crippen LogP contribution < -0.4 is 0 Å². The Bertz CT molecular complexity index is 108. The minimum atomic E-state index is 0.771. The third kappa shape index (κ3) is 8.29. The number of methoxy groups -OCH3 is 1. The summed E-state index contributed by atoms with van der Waals surface area (Å²) in [6.45, 7) is 10.1. The first-order valence-electron chi connectivity index (χ1n) is 5.55. The molecule has 0 rings (SSSR count). The van der Waals surface area contributed by atoms with Gasteiger partial charge in [0.05, 0.1) is 0 Å². The van der Waals surface area contributed by atoms with Crippen molar-refractivity contribution >= 4 is 0 Å². The molecule has 0 radical (unpaired) electrons. The van der Waals surface area contributed by atoms with Crippen LogP contribution in [0.15, 0.2) is 0 Å². The Morgan fingerprint density at radius 2 is 1.54 bits per heavy atom. The van der Waals surface area contributed by atoms with Crippen molar-refractivity contribution in [2.75, 3.05) is 13.7 Å². The molecule has 0 N–H and O–H groups in total. The SMILES string of the molecule is COCC(CCC(C)C)CC(C)C. The average Bonchev–Trinajstić information content (AvgIpc) is 1.99. The van der Waals surface area contributed by atoms with E-state index in [1.807, 2.05) is 7.11 Å². The molecule has 13 heavy (non-hydrogen) atoms. The molecule has 0 aliphatic carbocycles. The Morgan fingerprint density at radius 1 is 0.923 bits per heavy atom. The zero-order chi connectivity index (χ0) is 10.3. The maximum Gasteiger partial charge on any atom is 0.0490 e. The van der Waals surface area contributed by atoms with E-state index in [0.29, 0.717) is 0 Å². The van der Waals surface area contributed by atoms with Gasteiger partial charge in [-0.15, -0.1) is 0 Å². The van der Waals surface area contributed by atoms with E-state index < -0.39 is 0 Å². The van der Waals surface area contributed by atoms with Gasteiger partial charge >= 0.3 is 0 Å². The smallest absolute Gasteiger partial charge is 0.0490 e. The van der Waals surface area contributed by atoms with Gasteiger partial charge in [0.2, 0.25) is 0 Å². The standard InChI is InChI=1S/C12H26O/c1-10(2)6-7-12(9-13-5)8-11(3)4/h10-12H,6-9H2,1-5H3. The van der Waals surface area contributed by atoms with Gasteiger partial charge in [-0.25, -0.2) is 0 Å². The van der Waals surface area contributed by atoms with Gasteiger partial charge < -0.3 is 4.74 Å². The summed E-state index contributed by atoms with van der Waals surface area (Å²) in [7, 11) is 1.81. The zero-order valence-electron chi connectivity index (χ0n) is 9.97. The summed E-state index contributed by atoms with van der Waals surface area (Å²) < 4.78 is 5.24. The molecule has 0 aromatic heterocycles. The quantitative estimate of drug-likeness (QED) is 0.588. The van der Waals surface area contributed by atoms with Crippen molar-refractivity contribution in [2.45, 2.75) is 47.0 Å². The predicted octanol–water partition coefficient (Wildman–Crippen LogP) is 3.73. The Balaban J connectivity index is 3.66. The molecule has 1 nitrogen and oxygen atoms in total. The lowest BCUT2D eigenvalue weighted by molar-refractivity contribution is 0.132. The van der Waals surface area contributed by atoms with Crippen molar-refractivity contribution in [3.05, 3.63) is 0 Å². The van der Waals surface area contributed by atoms with Gasteiger partial charge in [-0.1, -0.05) is 34.1 Å². The fourth-order valence-electron chi connectivity index (χ4n) is 1.74. The van der Waals surface area contributed by atoms with E-state index in [0.717, 1.165) is 24.4 Å². The lowest BCUT2D eigenvalue weighted by Crippen LogP contribution is -2.12. The highest BCUT2D eigenvalue weighted by atomic mass is 16.5. The molecule has 0 bridgehead atoms. The molecule has 0 fully saturated rings. The first-order chi connectivity index (χ1) is 6.06. The highest BCUT2D eigenvalue weighted by Gasteiger charge is 2.11. The van der Waals surface area contributed by atoms with E-state index in [1.165, 1.54) is 19.3 Å². The molecule has 0 aliphatic rings. The molecule has 80 valence electrons. The van der Waals surface area contributed by atoms with E-state index in [-0.39, 0.29) is 0 Å². The predicted molar refractivity (Wildman–Crippen MR) is 58.9 cm³/mol. The first kappa shape index (κ1) is 13.0. The van der Waals surface area contributed by atoms with Crippen molar-refractivity contribution in [3.8, 4) is 0 Å². The van der Waals surface area contributed by atoms with Crippen LogP contribution in [0.3, 0.4) is 0 Å². The van der Waals surface area contributed by atoms with E-state index >= 15 is 0 Å². The molecular weight excluding hydrogens is 160 g/mol. The zero-order valence-corrected chi connectivity index (χ0v) is 9.97. The van der Waals surface area contributed by atoms with Crippen molar-refractivity contribution in [1.82, 2.24) is 0 Å². The number of ether oxygens (including phenoxy) is 1. The molecule has 1 atom stereocenters. The fourth-order valence-corrected chi connectivity index (χ4v) is 1.74. The second-order valence-corrected chi connectivity index (χ2v) is 4.92. The van der Waals surface area contributed by atoms with Crippen LogP contribution in [-0.2, 0) is 4.74 Å². The summed E-state index contributed by atoms with van der Waals surface area (Å²) in [6.07, 6.45) is 3.96. The van der Waals surface area contributed by atoms with Gasteiger partial charge in [0, 0.05) is 13.7 Å². The third-order valence-corrected chi connectivity index (χ3v) is 2.36. The van der Waals surface area contributed by atoms with Crippen molar-refractivity contribution in [3.63, 3.8) is 0 Å². The van der Waals surface area contributed by atoms with Gasteiger partial charge in [0.15, 0.2) is 0 Å². The fraction of sp³-hybridized carbons (Fsp3) is 1.00. The van der Waals surface area contributed by atoms with E-state index in [4.69, 9.17) is 4.74 Å². The molecule has 0 spiro atoms. The van der Waals surface area contributed by atoms with Crippen LogP contribution in [0.5, 0.6) is 0 Å². The van der Waals surface area contributed by atoms with Crippen molar-refractivity contribution in [1.29, 1.82) is 0 Å². The van der Waals surface area contributed by atoms with E-state index in [2.05, 4.69) is 27.7 Å². The number of rotatable bonds is 7. The molecule has 0 saturated carbocycles. The summed E-state index contributed by atoms with van der Waals surface area (Å²) in [5.74, 6) is 2.39. The highest BCUT2D eigenvalue weighted by Crippen LogP contribution is 2.19. The van der Waals surface area contributed by atoms with Gasteiger partial charge in [-0.3, -0.25) is 0 Å². The summed E-state index contributed by atoms with van der Waals surface area (Å²) in [5.41, 5.74) is 0. The summed E-state index contributed by atoms with van der Waals surface area (Å²) in [6, 6.07) is 0. The molecule has 1 unspecified atom stereocenters. The van der Waals surface area contributed by atoms with Gasteiger partial charge in [0.1, 0.15) is 0 Å². The lowest BCUT2D eigenvalue weighted by atomic mass is 9.91. The van der Waals surface area contributed by atoms with Crippen LogP contribution in [0.4, 0.5) is 0 Å². The second kappa shape index (κ2) is 7.37. The molecule has 0 aromatic carbocycles. The van der Waals surface area contributed by atoms with Gasteiger partial charge in [-0.2, -0.15) is 0 Å². The number of hydrogen-bond donors (Lipinski definition) is 0. The molecule has 0 aliphatic heterocycles. The molecule has 0 amide bonds. The summed E-state index contributed by atoms with van der Waals surface area (Å²) >= 11 is 0. The first-order valence-corrected chi connectivity index (χ1v) is 5.55. The van der Waals surface area contributed by atoms with Crippen LogP contribution in [0.1, 0.15) is 47.0 Å². The van der Waals surface area contributed by atoms with Crippen LogP contribution in [0.25, 0.3) is 0 Å². The Morgan fingerprint density at radius 3 is 1.92 bits per heavy atom. The molecule has 0 aromatic rings. The number of hydrogen-bond acceptors (Lipinski definition) is 1. The van der Waals surface area contributed by atoms with Gasteiger partial charge in [0.25, 0.3) is 0 Å². The topological polar surface area (TPSA) is 9.23 Å². The normalized spacial score (nSPS) is 14.1. The van der Waals surface area contributed by atoms with Crippen molar-refractivity contribution in [2.24, 2.45) is 17.8 Å². The van der Waals surface area contributed by atoms with Crippen LogP contribution in [-0.4, -0.2) is 13.7 Å². The maximum absolute atomic E-state index is 5.24. The highest BCUT2D eigenvalue weighted by molar-refractivity contribution is 4.62. The molecular formula is C12H26O. The van der Waals surface area contributed by atoms with Crippen LogP contribution in [0.2, 0.25) is 0 Å². The van der Waals surface area contributed by atoms with E-state index in [1.54, 1.807) is 0 Å². The Labute approximate surface area is 83.9 Å². The van der Waals surface area contributed by atoms with Crippen molar-refractivity contribution < 1.29 is 4.74 Å². The van der Waals surface area contributed by atoms with Crippen LogP contribution >= 0.6 is 0 Å². The second-order valence-electron chi connectivity index (χ2n) is 4.92. The van der Waals surface area contributed by atoms with Crippen LogP contribution in [0, 0.1) is 17.8 Å². The van der Waals surface area contributed by atoms with Gasteiger partial charge in [-0.05, 0) is 30.6 Å². The monoisotopic (exact) mass is 186 g/mol. The minimum Gasteiger partial charge on any atom is -0.384 e. The summed E-state index contributed by atoms with van der Waals surface area (Å²) in [4.78, 5) is 0. The largest absolute Gasteiger partial charge is 0.384 e. The summed E-state index contributed by atoms with van der Waals surface area (Å²) in [5, 5.41) is 0. The van der Waals surface area contributed by atoms with E-state index in [9.17, 15) is 0 Å². The molecule has 0 heterocycles. The third-order valence-electron chi connectivity index (χ3n) is 2.36. The molecule has 0 saturated heterocycles. The minimum absolute atomic E-state index is 0.771. The Kier molecular flexibility index (Phi) is 7.35. The average molecular weight is 186 g/mol. The Hall–Kier alpha value is -0.0400. The molecule has 1 heteroatoms. The lowest BCUT2D eigenvalue weighted by Gasteiger charge is -2.18.